The molecule has 1 heterocycles. The zero-order valence-corrected chi connectivity index (χ0v) is 18.7. The summed E-state index contributed by atoms with van der Waals surface area (Å²) in [6.45, 7) is 2.48. The number of aromatic nitrogens is 2. The number of carbonyl (C=O) groups excluding carboxylic acids is 1. The molecule has 1 amide bonds. The molecule has 1 fully saturated rings. The molecule has 2 aromatic carbocycles. The third kappa shape index (κ3) is 4.54. The minimum Gasteiger partial charge on any atom is -0.493 e. The summed E-state index contributed by atoms with van der Waals surface area (Å²) < 4.78 is 12.5. The highest BCUT2D eigenvalue weighted by Gasteiger charge is 2.33. The summed E-state index contributed by atoms with van der Waals surface area (Å²) >= 11 is 6.31. The number of halogens is 1. The van der Waals surface area contributed by atoms with Gasteiger partial charge in [-0.25, -0.2) is 4.68 Å². The van der Waals surface area contributed by atoms with Crippen molar-refractivity contribution in [2.45, 2.75) is 32.1 Å². The van der Waals surface area contributed by atoms with Crippen molar-refractivity contribution in [2.24, 2.45) is 0 Å². The number of ether oxygens (including phenoxy) is 2. The van der Waals surface area contributed by atoms with E-state index in [1.54, 1.807) is 20.4 Å². The number of carbonyl (C=O) groups is 1. The fraction of sp³-hybridized carbons (Fsp3) is 0.333. The molecule has 162 valence electrons. The van der Waals surface area contributed by atoms with E-state index in [9.17, 15) is 4.79 Å². The van der Waals surface area contributed by atoms with Crippen LogP contribution in [0.15, 0.2) is 42.6 Å². The molecule has 31 heavy (non-hydrogen) atoms. The van der Waals surface area contributed by atoms with E-state index in [1.165, 1.54) is 0 Å². The molecule has 0 aliphatic heterocycles. The molecule has 1 aromatic heterocycles. The topological polar surface area (TPSA) is 65.4 Å². The highest BCUT2D eigenvalue weighted by molar-refractivity contribution is 6.31. The number of nitrogens with one attached hydrogen (secondary N) is 1. The standard InChI is InChI=1S/C24H26ClN3O3/c1-15-4-8-18(13-20(15)25)28-23(17-6-7-17)19(14-27-28)24(29)26-11-10-16-5-9-21(30-2)22(12-16)31-3/h4-5,8-9,12-14,17H,6-7,10-11H2,1-3H3,(H,26,29). The molecule has 0 saturated heterocycles. The van der Waals surface area contributed by atoms with E-state index in [1.807, 2.05) is 48.0 Å². The van der Waals surface area contributed by atoms with E-state index in [2.05, 4.69) is 10.4 Å². The maximum atomic E-state index is 12.9. The molecule has 0 atom stereocenters. The summed E-state index contributed by atoms with van der Waals surface area (Å²) in [6.07, 6.45) is 4.48. The van der Waals surface area contributed by atoms with Crippen molar-refractivity contribution in [1.82, 2.24) is 15.1 Å². The Morgan fingerprint density at radius 1 is 1.16 bits per heavy atom. The van der Waals surface area contributed by atoms with E-state index in [0.717, 1.165) is 35.3 Å². The summed E-state index contributed by atoms with van der Waals surface area (Å²) in [5.41, 5.74) is 4.54. The van der Waals surface area contributed by atoms with Crippen molar-refractivity contribution in [3.05, 3.63) is 70.0 Å². The minimum atomic E-state index is -0.105. The Hall–Kier alpha value is -2.99. The molecule has 7 heteroatoms. The number of hydrogen-bond donors (Lipinski definition) is 1. The van der Waals surface area contributed by atoms with E-state index in [-0.39, 0.29) is 5.91 Å². The van der Waals surface area contributed by atoms with Crippen molar-refractivity contribution in [3.8, 4) is 17.2 Å². The SMILES string of the molecule is COc1ccc(CCNC(=O)c2cnn(-c3ccc(C)c(Cl)c3)c2C2CC2)cc1OC. The van der Waals surface area contributed by atoms with Gasteiger partial charge in [-0.2, -0.15) is 5.10 Å². The number of amides is 1. The fourth-order valence-electron chi connectivity index (χ4n) is 3.65. The summed E-state index contributed by atoms with van der Waals surface area (Å²) in [5.74, 6) is 1.62. The van der Waals surface area contributed by atoms with Gasteiger partial charge in [0.2, 0.25) is 0 Å². The van der Waals surface area contributed by atoms with Crippen molar-refractivity contribution < 1.29 is 14.3 Å². The van der Waals surface area contributed by atoms with Gasteiger partial charge < -0.3 is 14.8 Å². The van der Waals surface area contributed by atoms with Crippen LogP contribution in [-0.2, 0) is 6.42 Å². The molecule has 1 aliphatic carbocycles. The van der Waals surface area contributed by atoms with Gasteiger partial charge in [0.15, 0.2) is 11.5 Å². The number of benzene rings is 2. The molecule has 0 bridgehead atoms. The van der Waals surface area contributed by atoms with Crippen LogP contribution in [0.3, 0.4) is 0 Å². The molecule has 0 spiro atoms. The van der Waals surface area contributed by atoms with Crippen LogP contribution in [0.2, 0.25) is 5.02 Å². The molecule has 0 radical (unpaired) electrons. The van der Waals surface area contributed by atoms with Crippen LogP contribution in [-0.4, -0.2) is 36.5 Å². The lowest BCUT2D eigenvalue weighted by Gasteiger charge is -2.11. The van der Waals surface area contributed by atoms with Crippen molar-refractivity contribution >= 4 is 17.5 Å². The molecule has 4 rings (SSSR count). The van der Waals surface area contributed by atoms with Crippen LogP contribution in [0.5, 0.6) is 11.5 Å². The molecule has 0 unspecified atom stereocenters. The van der Waals surface area contributed by atoms with Gasteiger partial charge in [-0.05, 0) is 61.6 Å². The summed E-state index contributed by atoms with van der Waals surface area (Å²) in [6, 6.07) is 11.6. The van der Waals surface area contributed by atoms with Crippen LogP contribution >= 0.6 is 11.6 Å². The van der Waals surface area contributed by atoms with Gasteiger partial charge in [0, 0.05) is 17.5 Å². The Balaban J connectivity index is 1.48. The Bertz CT molecular complexity index is 1110. The molecule has 3 aromatic rings. The Morgan fingerprint density at radius 2 is 1.94 bits per heavy atom. The maximum absolute atomic E-state index is 12.9. The van der Waals surface area contributed by atoms with E-state index in [0.29, 0.717) is 41.0 Å². The lowest BCUT2D eigenvalue weighted by atomic mass is 10.1. The third-order valence-corrected chi connectivity index (χ3v) is 5.97. The zero-order valence-electron chi connectivity index (χ0n) is 17.9. The zero-order chi connectivity index (χ0) is 22.0. The normalized spacial score (nSPS) is 13.2. The van der Waals surface area contributed by atoms with Crippen LogP contribution < -0.4 is 14.8 Å². The van der Waals surface area contributed by atoms with Gasteiger partial charge in [0.25, 0.3) is 5.91 Å². The van der Waals surface area contributed by atoms with Gasteiger partial charge in [-0.1, -0.05) is 23.7 Å². The van der Waals surface area contributed by atoms with Gasteiger partial charge in [0.1, 0.15) is 0 Å². The summed E-state index contributed by atoms with van der Waals surface area (Å²) in [4.78, 5) is 12.9. The number of methoxy groups -OCH3 is 2. The second kappa shape index (κ2) is 9.02. The molecule has 1 aliphatic rings. The van der Waals surface area contributed by atoms with Gasteiger partial charge in [-0.3, -0.25) is 4.79 Å². The van der Waals surface area contributed by atoms with Crippen molar-refractivity contribution in [1.29, 1.82) is 0 Å². The number of aryl methyl sites for hydroxylation is 1. The fourth-order valence-corrected chi connectivity index (χ4v) is 3.83. The molecule has 1 N–H and O–H groups in total. The van der Waals surface area contributed by atoms with Crippen LogP contribution in [0.25, 0.3) is 5.69 Å². The lowest BCUT2D eigenvalue weighted by molar-refractivity contribution is 0.0953. The average Bonchev–Trinajstić information content (AvgIpc) is 3.53. The van der Waals surface area contributed by atoms with E-state index >= 15 is 0 Å². The first-order valence-corrected chi connectivity index (χ1v) is 10.7. The van der Waals surface area contributed by atoms with Gasteiger partial charge >= 0.3 is 0 Å². The van der Waals surface area contributed by atoms with E-state index in [4.69, 9.17) is 21.1 Å². The van der Waals surface area contributed by atoms with Crippen molar-refractivity contribution in [2.75, 3.05) is 20.8 Å². The molecular weight excluding hydrogens is 414 g/mol. The first kappa shape index (κ1) is 21.2. The van der Waals surface area contributed by atoms with Crippen LogP contribution in [0.1, 0.15) is 45.9 Å². The maximum Gasteiger partial charge on any atom is 0.254 e. The first-order valence-electron chi connectivity index (χ1n) is 10.4. The van der Waals surface area contributed by atoms with Gasteiger partial charge in [-0.15, -0.1) is 0 Å². The Kier molecular flexibility index (Phi) is 6.18. The quantitative estimate of drug-likeness (QED) is 0.552. The number of nitrogens with zero attached hydrogens (tertiary/aromatic N) is 2. The monoisotopic (exact) mass is 439 g/mol. The smallest absolute Gasteiger partial charge is 0.254 e. The van der Waals surface area contributed by atoms with Crippen LogP contribution in [0.4, 0.5) is 0 Å². The highest BCUT2D eigenvalue weighted by Crippen LogP contribution is 2.42. The molecule has 6 nitrogen and oxygen atoms in total. The largest absolute Gasteiger partial charge is 0.493 e. The van der Waals surface area contributed by atoms with Crippen molar-refractivity contribution in [3.63, 3.8) is 0 Å². The second-order valence-electron chi connectivity index (χ2n) is 7.76. The number of rotatable bonds is 8. The second-order valence-corrected chi connectivity index (χ2v) is 8.17. The minimum absolute atomic E-state index is 0.105. The number of hydrogen-bond acceptors (Lipinski definition) is 4. The molecular formula is C24H26ClN3O3. The highest BCUT2D eigenvalue weighted by atomic mass is 35.5. The lowest BCUT2D eigenvalue weighted by Crippen LogP contribution is -2.26. The predicted molar refractivity (Wildman–Crippen MR) is 121 cm³/mol. The third-order valence-electron chi connectivity index (χ3n) is 5.56. The predicted octanol–water partition coefficient (Wildman–Crippen LogP) is 4.70. The average molecular weight is 440 g/mol. The van der Waals surface area contributed by atoms with Crippen LogP contribution in [0, 0.1) is 6.92 Å². The Morgan fingerprint density at radius 3 is 2.61 bits per heavy atom. The van der Waals surface area contributed by atoms with E-state index < -0.39 is 0 Å². The molecule has 1 saturated carbocycles. The van der Waals surface area contributed by atoms with Gasteiger partial charge in [0.05, 0.1) is 37.4 Å². The summed E-state index contributed by atoms with van der Waals surface area (Å²) in [5, 5.41) is 8.24. The Labute approximate surface area is 187 Å². The first-order chi connectivity index (χ1) is 15.0. The summed E-state index contributed by atoms with van der Waals surface area (Å²) in [7, 11) is 3.22.